The average molecular weight is 277 g/mol. The van der Waals surface area contributed by atoms with Crippen LogP contribution in [0.4, 0.5) is 0 Å². The van der Waals surface area contributed by atoms with Gasteiger partial charge in [0.15, 0.2) is 9.84 Å². The third-order valence-corrected chi connectivity index (χ3v) is 3.88. The summed E-state index contributed by atoms with van der Waals surface area (Å²) in [4.78, 5) is 22.5. The zero-order valence-corrected chi connectivity index (χ0v) is 11.3. The molecule has 1 saturated carbocycles. The minimum Gasteiger partial charge on any atom is -0.481 e. The molecule has 0 aliphatic heterocycles. The predicted octanol–water partition coefficient (Wildman–Crippen LogP) is 0.325. The summed E-state index contributed by atoms with van der Waals surface area (Å²) in [6.07, 6.45) is 4.74. The van der Waals surface area contributed by atoms with E-state index in [1.165, 1.54) is 0 Å². The Balaban J connectivity index is 2.72. The molecular formula is C11H19NO5S. The lowest BCUT2D eigenvalue weighted by Gasteiger charge is -2.36. The molecule has 0 aromatic carbocycles. The van der Waals surface area contributed by atoms with Crippen molar-refractivity contribution in [3.8, 4) is 0 Å². The van der Waals surface area contributed by atoms with Crippen molar-refractivity contribution >= 4 is 21.7 Å². The Morgan fingerprint density at radius 3 is 2.22 bits per heavy atom. The van der Waals surface area contributed by atoms with Crippen LogP contribution in [0.2, 0.25) is 0 Å². The van der Waals surface area contributed by atoms with E-state index in [0.29, 0.717) is 12.8 Å². The van der Waals surface area contributed by atoms with Crippen molar-refractivity contribution in [2.45, 2.75) is 44.1 Å². The van der Waals surface area contributed by atoms with E-state index in [1.54, 1.807) is 0 Å². The third-order valence-electron chi connectivity index (χ3n) is 3.10. The van der Waals surface area contributed by atoms with Gasteiger partial charge >= 0.3 is 5.97 Å². The molecule has 0 radical (unpaired) electrons. The Hall–Kier alpha value is -1.11. The smallest absolute Gasteiger partial charge is 0.305 e. The van der Waals surface area contributed by atoms with Gasteiger partial charge in [-0.1, -0.05) is 19.3 Å². The molecule has 0 atom stereocenters. The minimum absolute atomic E-state index is 0.150. The van der Waals surface area contributed by atoms with Crippen molar-refractivity contribution in [1.82, 2.24) is 5.32 Å². The van der Waals surface area contributed by atoms with Gasteiger partial charge in [-0.15, -0.1) is 0 Å². The molecule has 1 rings (SSSR count). The van der Waals surface area contributed by atoms with E-state index in [2.05, 4.69) is 5.32 Å². The fourth-order valence-electron chi connectivity index (χ4n) is 2.43. The van der Waals surface area contributed by atoms with E-state index < -0.39 is 33.0 Å². The third kappa shape index (κ3) is 5.03. The molecule has 0 aromatic heterocycles. The van der Waals surface area contributed by atoms with Gasteiger partial charge in [-0.2, -0.15) is 0 Å². The van der Waals surface area contributed by atoms with Crippen molar-refractivity contribution in [2.24, 2.45) is 0 Å². The second-order valence-corrected chi connectivity index (χ2v) is 7.17. The summed E-state index contributed by atoms with van der Waals surface area (Å²) >= 11 is 0. The van der Waals surface area contributed by atoms with Gasteiger partial charge in [0.2, 0.25) is 5.91 Å². The van der Waals surface area contributed by atoms with Gasteiger partial charge in [0.05, 0.1) is 12.0 Å². The average Bonchev–Trinajstić information content (AvgIpc) is 2.13. The van der Waals surface area contributed by atoms with Crippen molar-refractivity contribution in [3.05, 3.63) is 0 Å². The number of amides is 1. The highest BCUT2D eigenvalue weighted by atomic mass is 32.2. The lowest BCUT2D eigenvalue weighted by atomic mass is 9.79. The number of hydrogen-bond acceptors (Lipinski definition) is 4. The van der Waals surface area contributed by atoms with Gasteiger partial charge in [0, 0.05) is 6.26 Å². The molecule has 18 heavy (non-hydrogen) atoms. The van der Waals surface area contributed by atoms with Crippen LogP contribution in [0.5, 0.6) is 0 Å². The molecule has 1 amide bonds. The summed E-state index contributed by atoms with van der Waals surface area (Å²) in [7, 11) is -3.39. The SMILES string of the molecule is CS(=O)(=O)CC(=O)NC1(CC(=O)O)CCCCC1. The maximum absolute atomic E-state index is 11.6. The highest BCUT2D eigenvalue weighted by molar-refractivity contribution is 7.91. The van der Waals surface area contributed by atoms with Crippen molar-refractivity contribution in [1.29, 1.82) is 0 Å². The van der Waals surface area contributed by atoms with Crippen LogP contribution < -0.4 is 5.32 Å². The summed E-state index contributed by atoms with van der Waals surface area (Å²) < 4.78 is 22.1. The Bertz CT molecular complexity index is 423. The number of carboxylic acids is 1. The van der Waals surface area contributed by atoms with Crippen LogP contribution in [0.15, 0.2) is 0 Å². The summed E-state index contributed by atoms with van der Waals surface area (Å²) in [6.45, 7) is 0. The molecule has 0 heterocycles. The van der Waals surface area contributed by atoms with E-state index in [4.69, 9.17) is 5.11 Å². The Labute approximate surface area is 107 Å². The number of nitrogens with one attached hydrogen (secondary N) is 1. The lowest BCUT2D eigenvalue weighted by molar-refractivity contribution is -0.139. The molecule has 1 fully saturated rings. The standard InChI is InChI=1S/C11H19NO5S/c1-18(16,17)8-9(13)12-11(7-10(14)15)5-3-2-4-6-11/h2-8H2,1H3,(H,12,13)(H,14,15). The first kappa shape index (κ1) is 14.9. The summed E-state index contributed by atoms with van der Waals surface area (Å²) in [5.74, 6) is -2.17. The second kappa shape index (κ2) is 5.69. The zero-order valence-electron chi connectivity index (χ0n) is 10.4. The van der Waals surface area contributed by atoms with Crippen LogP contribution in [0.25, 0.3) is 0 Å². The van der Waals surface area contributed by atoms with Gasteiger partial charge in [-0.05, 0) is 12.8 Å². The summed E-state index contributed by atoms with van der Waals surface area (Å²) in [6, 6.07) is 0. The molecule has 7 heteroatoms. The van der Waals surface area contributed by atoms with Crippen LogP contribution in [0.1, 0.15) is 38.5 Å². The number of carboxylic acid groups (broad SMARTS) is 1. The molecule has 0 unspecified atom stereocenters. The van der Waals surface area contributed by atoms with E-state index in [0.717, 1.165) is 25.5 Å². The number of rotatable bonds is 5. The summed E-state index contributed by atoms with van der Waals surface area (Å²) in [5, 5.41) is 11.5. The number of hydrogen-bond donors (Lipinski definition) is 2. The van der Waals surface area contributed by atoms with Crippen molar-refractivity contribution in [3.63, 3.8) is 0 Å². The Morgan fingerprint density at radius 1 is 1.22 bits per heavy atom. The van der Waals surface area contributed by atoms with Gasteiger partial charge in [-0.3, -0.25) is 9.59 Å². The van der Waals surface area contributed by atoms with Gasteiger partial charge < -0.3 is 10.4 Å². The zero-order chi connectivity index (χ0) is 13.8. The van der Waals surface area contributed by atoms with Crippen LogP contribution in [-0.2, 0) is 19.4 Å². The lowest BCUT2D eigenvalue weighted by Crippen LogP contribution is -2.52. The molecule has 0 saturated heterocycles. The first-order chi connectivity index (χ1) is 8.22. The molecule has 1 aliphatic carbocycles. The van der Waals surface area contributed by atoms with E-state index >= 15 is 0 Å². The van der Waals surface area contributed by atoms with E-state index in [9.17, 15) is 18.0 Å². The fourth-order valence-corrected chi connectivity index (χ4v) is 2.98. The Morgan fingerprint density at radius 2 is 1.78 bits per heavy atom. The number of carbonyl (C=O) groups excluding carboxylic acids is 1. The van der Waals surface area contributed by atoms with Gasteiger partial charge in [0.25, 0.3) is 0 Å². The van der Waals surface area contributed by atoms with E-state index in [-0.39, 0.29) is 6.42 Å². The van der Waals surface area contributed by atoms with Crippen LogP contribution >= 0.6 is 0 Å². The van der Waals surface area contributed by atoms with Gasteiger partial charge in [0.1, 0.15) is 5.75 Å². The molecule has 0 aromatic rings. The second-order valence-electron chi connectivity index (χ2n) is 5.03. The minimum atomic E-state index is -3.39. The van der Waals surface area contributed by atoms with Crippen LogP contribution in [0.3, 0.4) is 0 Å². The molecule has 2 N–H and O–H groups in total. The number of sulfone groups is 1. The summed E-state index contributed by atoms with van der Waals surface area (Å²) in [5.41, 5.74) is -0.772. The van der Waals surface area contributed by atoms with Crippen LogP contribution in [0, 0.1) is 0 Å². The van der Waals surface area contributed by atoms with Gasteiger partial charge in [-0.25, -0.2) is 8.42 Å². The maximum atomic E-state index is 11.6. The molecule has 6 nitrogen and oxygen atoms in total. The molecule has 0 bridgehead atoms. The highest BCUT2D eigenvalue weighted by Gasteiger charge is 2.36. The quantitative estimate of drug-likeness (QED) is 0.754. The fraction of sp³-hybridized carbons (Fsp3) is 0.818. The largest absolute Gasteiger partial charge is 0.481 e. The topological polar surface area (TPSA) is 101 Å². The number of carbonyl (C=O) groups is 2. The van der Waals surface area contributed by atoms with Crippen molar-refractivity contribution < 1.29 is 23.1 Å². The van der Waals surface area contributed by atoms with Crippen LogP contribution in [-0.4, -0.2) is 42.9 Å². The predicted molar refractivity (Wildman–Crippen MR) is 65.9 cm³/mol. The van der Waals surface area contributed by atoms with Crippen molar-refractivity contribution in [2.75, 3.05) is 12.0 Å². The first-order valence-electron chi connectivity index (χ1n) is 5.93. The molecular weight excluding hydrogens is 258 g/mol. The van der Waals surface area contributed by atoms with E-state index in [1.807, 2.05) is 0 Å². The molecule has 0 spiro atoms. The maximum Gasteiger partial charge on any atom is 0.305 e. The normalized spacial score (nSPS) is 19.2. The number of aliphatic carboxylic acids is 1. The Kier molecular flexibility index (Phi) is 4.72. The first-order valence-corrected chi connectivity index (χ1v) is 7.99. The molecule has 1 aliphatic rings. The highest BCUT2D eigenvalue weighted by Crippen LogP contribution is 2.31. The monoisotopic (exact) mass is 277 g/mol. The molecule has 104 valence electrons.